The number of methoxy groups -OCH3 is 1. The molecule has 7 heteroatoms. The van der Waals surface area contributed by atoms with Gasteiger partial charge in [-0.25, -0.2) is 4.79 Å². The van der Waals surface area contributed by atoms with E-state index < -0.39 is 5.97 Å². The first-order chi connectivity index (χ1) is 17.0. The van der Waals surface area contributed by atoms with Crippen LogP contribution in [0.3, 0.4) is 0 Å². The molecule has 1 saturated heterocycles. The number of nitrogens with zero attached hydrogens (tertiary/aromatic N) is 2. The van der Waals surface area contributed by atoms with Crippen molar-refractivity contribution in [1.82, 2.24) is 5.16 Å². The number of hydrogen-bond donors (Lipinski definition) is 1. The first-order valence-corrected chi connectivity index (χ1v) is 11.9. The van der Waals surface area contributed by atoms with Gasteiger partial charge in [0.2, 0.25) is 0 Å². The zero-order chi connectivity index (χ0) is 24.1. The number of carbonyl (C=O) groups is 2. The minimum absolute atomic E-state index is 0.0615. The summed E-state index contributed by atoms with van der Waals surface area (Å²) < 4.78 is 10.7. The number of nitrogens with one attached hydrogen (secondary N) is 1. The Morgan fingerprint density at radius 2 is 1.91 bits per heavy atom. The van der Waals surface area contributed by atoms with Crippen molar-refractivity contribution in [2.24, 2.45) is 5.92 Å². The molecule has 3 aromatic carbocycles. The van der Waals surface area contributed by atoms with Gasteiger partial charge in [0.15, 0.2) is 11.5 Å². The second-order valence-electron chi connectivity index (χ2n) is 9.32. The van der Waals surface area contributed by atoms with Crippen molar-refractivity contribution < 1.29 is 18.8 Å². The van der Waals surface area contributed by atoms with Crippen LogP contribution in [0.1, 0.15) is 46.0 Å². The Balaban J connectivity index is 1.53. The van der Waals surface area contributed by atoms with Gasteiger partial charge in [-0.3, -0.25) is 4.79 Å². The highest BCUT2D eigenvalue weighted by atomic mass is 16.5. The number of rotatable bonds is 4. The Bertz CT molecular complexity index is 1470. The number of benzene rings is 3. The summed E-state index contributed by atoms with van der Waals surface area (Å²) in [6.45, 7) is 4.12. The molecule has 4 aromatic rings. The summed E-state index contributed by atoms with van der Waals surface area (Å²) in [5, 5.41) is 8.65. The standard InChI is InChI=1S/C28H25N3O4/c1-16-6-5-13-31(15-16)22-14-21(29-18-11-9-17(10-12-18)28(33)34-2)23-24-25(22)30-35-27(24)20-8-4-3-7-19(20)26(23)32/h3-4,7-12,14,16,29H,5-6,13,15H2,1-2H3/t16-/m0/s1. The lowest BCUT2D eigenvalue weighted by Crippen LogP contribution is -2.34. The molecule has 0 spiro atoms. The van der Waals surface area contributed by atoms with E-state index in [2.05, 4.69) is 22.3 Å². The number of hydrogen-bond acceptors (Lipinski definition) is 7. The number of anilines is 3. The number of aromatic nitrogens is 1. The minimum Gasteiger partial charge on any atom is -0.465 e. The van der Waals surface area contributed by atoms with E-state index in [0.29, 0.717) is 34.1 Å². The zero-order valence-electron chi connectivity index (χ0n) is 19.6. The molecule has 6 rings (SSSR count). The molecule has 35 heavy (non-hydrogen) atoms. The van der Waals surface area contributed by atoms with Crippen LogP contribution in [0.15, 0.2) is 59.1 Å². The van der Waals surface area contributed by atoms with Crippen molar-refractivity contribution in [3.8, 4) is 11.3 Å². The largest absolute Gasteiger partial charge is 0.465 e. The molecule has 0 saturated carbocycles. The lowest BCUT2D eigenvalue weighted by Gasteiger charge is -2.33. The van der Waals surface area contributed by atoms with E-state index in [4.69, 9.17) is 9.26 Å². The number of esters is 1. The van der Waals surface area contributed by atoms with E-state index in [0.717, 1.165) is 47.4 Å². The van der Waals surface area contributed by atoms with Crippen LogP contribution >= 0.6 is 0 Å². The predicted molar refractivity (Wildman–Crippen MR) is 135 cm³/mol. The van der Waals surface area contributed by atoms with E-state index >= 15 is 0 Å². The van der Waals surface area contributed by atoms with Crippen molar-refractivity contribution in [3.05, 3.63) is 71.3 Å². The summed E-state index contributed by atoms with van der Waals surface area (Å²) in [7, 11) is 1.36. The van der Waals surface area contributed by atoms with E-state index in [1.807, 2.05) is 42.5 Å². The van der Waals surface area contributed by atoms with Gasteiger partial charge in [-0.1, -0.05) is 36.3 Å². The van der Waals surface area contributed by atoms with Gasteiger partial charge in [-0.15, -0.1) is 0 Å². The van der Waals surface area contributed by atoms with Crippen LogP contribution in [0.2, 0.25) is 0 Å². The topological polar surface area (TPSA) is 84.7 Å². The van der Waals surface area contributed by atoms with Crippen LogP contribution in [0, 0.1) is 5.92 Å². The first kappa shape index (κ1) is 21.4. The molecule has 2 aliphatic rings. The molecule has 176 valence electrons. The Morgan fingerprint density at radius 3 is 2.66 bits per heavy atom. The monoisotopic (exact) mass is 467 g/mol. The fraction of sp³-hybridized carbons (Fsp3) is 0.250. The van der Waals surface area contributed by atoms with Crippen LogP contribution in [-0.4, -0.2) is 37.1 Å². The maximum Gasteiger partial charge on any atom is 0.337 e. The molecule has 0 bridgehead atoms. The van der Waals surface area contributed by atoms with E-state index in [9.17, 15) is 9.59 Å². The number of ether oxygens (including phenoxy) is 1. The molecule has 0 amide bonds. The summed E-state index contributed by atoms with van der Waals surface area (Å²) >= 11 is 0. The van der Waals surface area contributed by atoms with Gasteiger partial charge in [0.25, 0.3) is 0 Å². The molecule has 1 aliphatic carbocycles. The summed E-state index contributed by atoms with van der Waals surface area (Å²) in [6.07, 6.45) is 2.31. The molecule has 1 fully saturated rings. The predicted octanol–water partition coefficient (Wildman–Crippen LogP) is 5.81. The minimum atomic E-state index is -0.393. The van der Waals surface area contributed by atoms with Gasteiger partial charge in [0.05, 0.1) is 35.0 Å². The number of ketones is 1. The van der Waals surface area contributed by atoms with Gasteiger partial charge in [0, 0.05) is 29.9 Å². The number of piperidine rings is 1. The third kappa shape index (κ3) is 3.46. The third-order valence-electron chi connectivity index (χ3n) is 6.96. The van der Waals surface area contributed by atoms with Crippen LogP contribution in [0.25, 0.3) is 22.2 Å². The molecular formula is C28H25N3O4. The summed E-state index contributed by atoms with van der Waals surface area (Å²) in [5.74, 6) is 0.743. The van der Waals surface area contributed by atoms with Gasteiger partial charge >= 0.3 is 5.97 Å². The maximum absolute atomic E-state index is 13.7. The van der Waals surface area contributed by atoms with Crippen LogP contribution in [0.4, 0.5) is 17.1 Å². The SMILES string of the molecule is COC(=O)c1ccc(Nc2cc(N3CCC[C@H](C)C3)c3noc4c3c2C(=O)c2ccccc2-4)cc1. The normalized spacial score (nSPS) is 16.8. The van der Waals surface area contributed by atoms with E-state index in [-0.39, 0.29) is 5.78 Å². The Hall–Kier alpha value is -4.13. The Labute approximate surface area is 202 Å². The molecule has 1 aliphatic heterocycles. The summed E-state index contributed by atoms with van der Waals surface area (Å²) in [4.78, 5) is 27.9. The Kier molecular flexibility index (Phi) is 5.06. The molecule has 7 nitrogen and oxygen atoms in total. The molecule has 1 aromatic heterocycles. The van der Waals surface area contributed by atoms with Crippen LogP contribution in [0.5, 0.6) is 0 Å². The van der Waals surface area contributed by atoms with E-state index in [1.165, 1.54) is 13.5 Å². The van der Waals surface area contributed by atoms with Gasteiger partial charge in [0.1, 0.15) is 5.52 Å². The third-order valence-corrected chi connectivity index (χ3v) is 6.96. The fourth-order valence-corrected chi connectivity index (χ4v) is 5.25. The maximum atomic E-state index is 13.7. The molecule has 1 atom stereocenters. The smallest absolute Gasteiger partial charge is 0.337 e. The van der Waals surface area contributed by atoms with Crippen molar-refractivity contribution in [3.63, 3.8) is 0 Å². The Morgan fingerprint density at radius 1 is 1.14 bits per heavy atom. The van der Waals surface area contributed by atoms with Crippen molar-refractivity contribution in [2.75, 3.05) is 30.4 Å². The highest BCUT2D eigenvalue weighted by molar-refractivity contribution is 6.28. The fourth-order valence-electron chi connectivity index (χ4n) is 5.25. The van der Waals surface area contributed by atoms with Gasteiger partial charge in [-0.05, 0) is 49.1 Å². The quantitative estimate of drug-likeness (QED) is 0.334. The zero-order valence-corrected chi connectivity index (χ0v) is 19.6. The molecule has 0 radical (unpaired) electrons. The van der Waals surface area contributed by atoms with Gasteiger partial charge < -0.3 is 19.5 Å². The number of carbonyl (C=O) groups excluding carboxylic acids is 2. The van der Waals surface area contributed by atoms with Crippen LogP contribution < -0.4 is 10.2 Å². The molecular weight excluding hydrogens is 442 g/mol. The second-order valence-corrected chi connectivity index (χ2v) is 9.32. The highest BCUT2D eigenvalue weighted by Crippen LogP contribution is 2.46. The van der Waals surface area contributed by atoms with Gasteiger partial charge in [-0.2, -0.15) is 0 Å². The average Bonchev–Trinajstić information content (AvgIpc) is 3.33. The van der Waals surface area contributed by atoms with Crippen LogP contribution in [-0.2, 0) is 4.74 Å². The highest BCUT2D eigenvalue weighted by Gasteiger charge is 2.34. The average molecular weight is 468 g/mol. The van der Waals surface area contributed by atoms with Crippen molar-refractivity contribution >= 4 is 39.7 Å². The molecule has 1 N–H and O–H groups in total. The number of fused-ring (bicyclic) bond motifs is 2. The molecule has 0 unspecified atom stereocenters. The van der Waals surface area contributed by atoms with Crippen molar-refractivity contribution in [2.45, 2.75) is 19.8 Å². The van der Waals surface area contributed by atoms with E-state index in [1.54, 1.807) is 12.1 Å². The molecule has 2 heterocycles. The summed E-state index contributed by atoms with van der Waals surface area (Å²) in [6, 6.07) is 16.5. The van der Waals surface area contributed by atoms with Crippen molar-refractivity contribution in [1.29, 1.82) is 0 Å². The second kappa shape index (κ2) is 8.27. The lowest BCUT2D eigenvalue weighted by molar-refractivity contribution is 0.0600. The first-order valence-electron chi connectivity index (χ1n) is 11.9. The summed E-state index contributed by atoms with van der Waals surface area (Å²) in [5.41, 5.74) is 5.53. The lowest BCUT2D eigenvalue weighted by atomic mass is 9.86.